The molecule has 0 aliphatic heterocycles. The van der Waals surface area contributed by atoms with Crippen LogP contribution in [0.15, 0.2) is 48.7 Å². The Balaban J connectivity index is 2.19. The average molecular weight is 250 g/mol. The number of nitriles is 1. The fourth-order valence-corrected chi connectivity index (χ4v) is 2.27. The van der Waals surface area contributed by atoms with Crippen LogP contribution in [0, 0.1) is 17.1 Å². The van der Waals surface area contributed by atoms with E-state index in [1.165, 1.54) is 6.07 Å². The Morgan fingerprint density at radius 3 is 2.79 bits per heavy atom. The fourth-order valence-electron chi connectivity index (χ4n) is 2.27. The van der Waals surface area contributed by atoms with Gasteiger partial charge >= 0.3 is 0 Å². The smallest absolute Gasteiger partial charge is 0.131 e. The van der Waals surface area contributed by atoms with Gasteiger partial charge in [-0.25, -0.2) is 4.39 Å². The van der Waals surface area contributed by atoms with Crippen molar-refractivity contribution >= 4 is 10.9 Å². The molecule has 0 atom stereocenters. The van der Waals surface area contributed by atoms with Gasteiger partial charge in [-0.2, -0.15) is 5.26 Å². The van der Waals surface area contributed by atoms with Crippen LogP contribution in [0.3, 0.4) is 0 Å². The number of fused-ring (bicyclic) bond motifs is 1. The molecule has 92 valence electrons. The summed E-state index contributed by atoms with van der Waals surface area (Å²) in [7, 11) is 0. The zero-order valence-corrected chi connectivity index (χ0v) is 10.2. The summed E-state index contributed by atoms with van der Waals surface area (Å²) in [5, 5.41) is 9.78. The van der Waals surface area contributed by atoms with Crippen molar-refractivity contribution in [2.75, 3.05) is 0 Å². The Morgan fingerprint density at radius 2 is 2.00 bits per heavy atom. The molecule has 0 fully saturated rings. The maximum Gasteiger partial charge on any atom is 0.131 e. The van der Waals surface area contributed by atoms with Crippen LogP contribution in [0.1, 0.15) is 5.56 Å². The molecular weight excluding hydrogens is 239 g/mol. The average Bonchev–Trinajstić information content (AvgIpc) is 2.82. The molecule has 0 unspecified atom stereocenters. The lowest BCUT2D eigenvalue weighted by molar-refractivity contribution is 0.631. The van der Waals surface area contributed by atoms with Crippen molar-refractivity contribution in [3.8, 4) is 17.2 Å². The quantitative estimate of drug-likeness (QED) is 0.732. The number of hydrogen-bond acceptors (Lipinski definition) is 1. The molecule has 3 aromatic rings. The van der Waals surface area contributed by atoms with E-state index in [2.05, 4.69) is 11.1 Å². The van der Waals surface area contributed by atoms with Gasteiger partial charge in [0, 0.05) is 22.7 Å². The zero-order chi connectivity index (χ0) is 13.2. The van der Waals surface area contributed by atoms with E-state index in [0.717, 1.165) is 22.0 Å². The minimum absolute atomic E-state index is 0.237. The molecule has 0 spiro atoms. The van der Waals surface area contributed by atoms with Crippen LogP contribution >= 0.6 is 0 Å². The number of halogens is 1. The third kappa shape index (κ3) is 1.98. The van der Waals surface area contributed by atoms with Crippen LogP contribution in [0.2, 0.25) is 0 Å². The number of nitrogens with one attached hydrogen (secondary N) is 1. The molecule has 0 radical (unpaired) electrons. The van der Waals surface area contributed by atoms with Gasteiger partial charge in [-0.3, -0.25) is 0 Å². The van der Waals surface area contributed by atoms with Gasteiger partial charge in [-0.1, -0.05) is 24.3 Å². The van der Waals surface area contributed by atoms with E-state index in [1.807, 2.05) is 30.5 Å². The molecule has 2 nitrogen and oxygen atoms in total. The highest BCUT2D eigenvalue weighted by Crippen LogP contribution is 2.28. The Hall–Kier alpha value is -2.60. The molecule has 0 aliphatic rings. The highest BCUT2D eigenvalue weighted by atomic mass is 19.1. The first-order chi connectivity index (χ1) is 9.29. The van der Waals surface area contributed by atoms with E-state index < -0.39 is 0 Å². The van der Waals surface area contributed by atoms with E-state index in [1.54, 1.807) is 12.1 Å². The van der Waals surface area contributed by atoms with Gasteiger partial charge in [-0.15, -0.1) is 0 Å². The Labute approximate surface area is 110 Å². The summed E-state index contributed by atoms with van der Waals surface area (Å²) in [5.41, 5.74) is 3.30. The lowest BCUT2D eigenvalue weighted by Gasteiger charge is -2.04. The summed E-state index contributed by atoms with van der Waals surface area (Å²) in [6.45, 7) is 0. The van der Waals surface area contributed by atoms with Crippen LogP contribution in [0.4, 0.5) is 4.39 Å². The van der Waals surface area contributed by atoms with Crippen LogP contribution < -0.4 is 0 Å². The Kier molecular flexibility index (Phi) is 2.77. The van der Waals surface area contributed by atoms with Crippen molar-refractivity contribution in [1.82, 2.24) is 4.98 Å². The minimum atomic E-state index is -0.237. The first kappa shape index (κ1) is 11.5. The van der Waals surface area contributed by atoms with Gasteiger partial charge < -0.3 is 4.98 Å². The second-order valence-electron chi connectivity index (χ2n) is 4.39. The second-order valence-corrected chi connectivity index (χ2v) is 4.39. The molecule has 1 N–H and O–H groups in total. The van der Waals surface area contributed by atoms with Gasteiger partial charge in [0.15, 0.2) is 0 Å². The zero-order valence-electron chi connectivity index (χ0n) is 10.2. The summed E-state index contributed by atoms with van der Waals surface area (Å²) in [5.74, 6) is -0.237. The van der Waals surface area contributed by atoms with Crippen molar-refractivity contribution in [2.45, 2.75) is 6.42 Å². The van der Waals surface area contributed by atoms with Crippen LogP contribution in [0.5, 0.6) is 0 Å². The number of benzene rings is 2. The maximum absolute atomic E-state index is 13.8. The first-order valence-electron chi connectivity index (χ1n) is 6.01. The SMILES string of the molecule is N#CCc1c[nH]c2ccc(-c3ccccc3F)cc12. The van der Waals surface area contributed by atoms with Gasteiger partial charge in [-0.05, 0) is 29.3 Å². The fraction of sp³-hybridized carbons (Fsp3) is 0.0625. The molecule has 3 rings (SSSR count). The standard InChI is InChI=1S/C16H11FN2/c17-15-4-2-1-3-13(15)11-5-6-16-14(9-11)12(7-8-18)10-19-16/h1-6,9-10,19H,7H2. The van der Waals surface area contributed by atoms with E-state index in [-0.39, 0.29) is 5.82 Å². The molecule has 0 amide bonds. The number of hydrogen-bond donors (Lipinski definition) is 1. The summed E-state index contributed by atoms with van der Waals surface area (Å²) in [4.78, 5) is 3.12. The summed E-state index contributed by atoms with van der Waals surface area (Å²) >= 11 is 0. The number of aromatic nitrogens is 1. The monoisotopic (exact) mass is 250 g/mol. The van der Waals surface area contributed by atoms with Gasteiger partial charge in [0.2, 0.25) is 0 Å². The Morgan fingerprint density at radius 1 is 1.16 bits per heavy atom. The molecule has 0 aliphatic carbocycles. The highest BCUT2D eigenvalue weighted by molar-refractivity contribution is 5.88. The first-order valence-corrected chi connectivity index (χ1v) is 6.01. The van der Waals surface area contributed by atoms with Crippen LogP contribution in [0.25, 0.3) is 22.0 Å². The minimum Gasteiger partial charge on any atom is -0.361 e. The molecular formula is C16H11FN2. The summed E-state index contributed by atoms with van der Waals surface area (Å²) in [6, 6.07) is 14.6. The normalized spacial score (nSPS) is 10.5. The molecule has 0 saturated carbocycles. The van der Waals surface area contributed by atoms with Crippen molar-refractivity contribution in [2.24, 2.45) is 0 Å². The van der Waals surface area contributed by atoms with Gasteiger partial charge in [0.05, 0.1) is 12.5 Å². The highest BCUT2D eigenvalue weighted by Gasteiger charge is 2.08. The topological polar surface area (TPSA) is 39.6 Å². The van der Waals surface area contributed by atoms with E-state index >= 15 is 0 Å². The molecule has 0 bridgehead atoms. The van der Waals surface area contributed by atoms with Crippen molar-refractivity contribution in [1.29, 1.82) is 5.26 Å². The van der Waals surface area contributed by atoms with Gasteiger partial charge in [0.1, 0.15) is 5.82 Å². The molecule has 1 aromatic heterocycles. The van der Waals surface area contributed by atoms with E-state index in [0.29, 0.717) is 12.0 Å². The molecule has 0 saturated heterocycles. The van der Waals surface area contributed by atoms with Gasteiger partial charge in [0.25, 0.3) is 0 Å². The second kappa shape index (κ2) is 4.58. The predicted octanol–water partition coefficient (Wildman–Crippen LogP) is 4.04. The summed E-state index contributed by atoms with van der Waals surface area (Å²) in [6.07, 6.45) is 2.18. The third-order valence-corrected chi connectivity index (χ3v) is 3.22. The number of nitrogens with zero attached hydrogens (tertiary/aromatic N) is 1. The Bertz CT molecular complexity index is 781. The lowest BCUT2D eigenvalue weighted by Crippen LogP contribution is -1.84. The van der Waals surface area contributed by atoms with Crippen molar-refractivity contribution in [3.05, 3.63) is 60.0 Å². The predicted molar refractivity (Wildman–Crippen MR) is 73.0 cm³/mol. The third-order valence-electron chi connectivity index (χ3n) is 3.22. The van der Waals surface area contributed by atoms with E-state index in [4.69, 9.17) is 5.26 Å². The number of aromatic amines is 1. The van der Waals surface area contributed by atoms with E-state index in [9.17, 15) is 4.39 Å². The van der Waals surface area contributed by atoms with Crippen LogP contribution in [-0.2, 0) is 6.42 Å². The molecule has 19 heavy (non-hydrogen) atoms. The van der Waals surface area contributed by atoms with Crippen molar-refractivity contribution in [3.63, 3.8) is 0 Å². The molecule has 2 aromatic carbocycles. The molecule has 3 heteroatoms. The molecule has 1 heterocycles. The largest absolute Gasteiger partial charge is 0.361 e. The van der Waals surface area contributed by atoms with Crippen molar-refractivity contribution < 1.29 is 4.39 Å². The lowest BCUT2D eigenvalue weighted by atomic mass is 10.0. The number of H-pyrrole nitrogens is 1. The van der Waals surface area contributed by atoms with Crippen LogP contribution in [-0.4, -0.2) is 4.98 Å². The maximum atomic E-state index is 13.8. The summed E-state index contributed by atoms with van der Waals surface area (Å²) < 4.78 is 13.8. The number of rotatable bonds is 2.